The van der Waals surface area contributed by atoms with Crippen LogP contribution in [0.15, 0.2) is 0 Å². The molecule has 0 spiro atoms. The molecule has 0 saturated carbocycles. The lowest BCUT2D eigenvalue weighted by atomic mass is 9.82. The van der Waals surface area contributed by atoms with Crippen LogP contribution >= 0.6 is 0 Å². The van der Waals surface area contributed by atoms with E-state index in [1.54, 1.807) is 0 Å². The van der Waals surface area contributed by atoms with Gasteiger partial charge in [-0.25, -0.2) is 4.79 Å². The van der Waals surface area contributed by atoms with Gasteiger partial charge in [-0.3, -0.25) is 4.79 Å². The minimum atomic E-state index is -0.474. The number of hydrogen-bond donors (Lipinski definition) is 1. The molecular weight excluding hydrogens is 306 g/mol. The van der Waals surface area contributed by atoms with Crippen molar-refractivity contribution in [3.8, 4) is 0 Å². The van der Waals surface area contributed by atoms with Gasteiger partial charge in [-0.05, 0) is 52.0 Å². The molecule has 0 bridgehead atoms. The van der Waals surface area contributed by atoms with Gasteiger partial charge in [0.2, 0.25) is 5.91 Å². The summed E-state index contributed by atoms with van der Waals surface area (Å²) in [5, 5.41) is 0. The van der Waals surface area contributed by atoms with Gasteiger partial charge in [0.15, 0.2) is 0 Å². The summed E-state index contributed by atoms with van der Waals surface area (Å²) in [7, 11) is 0. The molecule has 138 valence electrons. The van der Waals surface area contributed by atoms with Crippen molar-refractivity contribution in [1.29, 1.82) is 0 Å². The molecule has 0 aliphatic carbocycles. The Morgan fingerprint density at radius 2 is 1.79 bits per heavy atom. The quantitative estimate of drug-likeness (QED) is 0.852. The van der Waals surface area contributed by atoms with Crippen LogP contribution in [0, 0.1) is 11.3 Å². The number of rotatable bonds is 4. The second-order valence-corrected chi connectivity index (χ2v) is 8.94. The van der Waals surface area contributed by atoms with E-state index >= 15 is 0 Å². The monoisotopic (exact) mass is 339 g/mol. The molecule has 0 aromatic carbocycles. The van der Waals surface area contributed by atoms with Gasteiger partial charge in [-0.1, -0.05) is 13.8 Å². The van der Waals surface area contributed by atoms with E-state index in [2.05, 4.69) is 18.7 Å². The first-order valence-corrected chi connectivity index (χ1v) is 9.01. The summed E-state index contributed by atoms with van der Waals surface area (Å²) in [6.45, 7) is 13.4. The lowest BCUT2D eigenvalue weighted by Crippen LogP contribution is -2.50. The van der Waals surface area contributed by atoms with Gasteiger partial charge in [0, 0.05) is 25.7 Å². The summed E-state index contributed by atoms with van der Waals surface area (Å²) in [5.41, 5.74) is 4.90. The van der Waals surface area contributed by atoms with E-state index in [4.69, 9.17) is 10.5 Å². The molecule has 2 amide bonds. The summed E-state index contributed by atoms with van der Waals surface area (Å²) in [6.07, 6.45) is 2.64. The van der Waals surface area contributed by atoms with E-state index in [9.17, 15) is 9.59 Å². The molecule has 2 fully saturated rings. The molecule has 0 aromatic heterocycles. The Bertz CT molecular complexity index is 484. The molecule has 2 saturated heterocycles. The summed E-state index contributed by atoms with van der Waals surface area (Å²) < 4.78 is 5.58. The molecule has 0 radical (unpaired) electrons. The van der Waals surface area contributed by atoms with Crippen molar-refractivity contribution in [3.05, 3.63) is 0 Å². The molecule has 2 aliphatic rings. The zero-order chi connectivity index (χ0) is 18.1. The fraction of sp³-hybridized carbons (Fsp3) is 0.889. The Hall–Kier alpha value is -1.30. The molecule has 2 aliphatic heterocycles. The van der Waals surface area contributed by atoms with Crippen LogP contribution in [-0.4, -0.2) is 59.6 Å². The van der Waals surface area contributed by atoms with Gasteiger partial charge < -0.3 is 20.3 Å². The third-order valence-electron chi connectivity index (χ3n) is 5.09. The zero-order valence-electron chi connectivity index (χ0n) is 15.8. The zero-order valence-corrected chi connectivity index (χ0v) is 15.8. The van der Waals surface area contributed by atoms with Crippen LogP contribution in [0.4, 0.5) is 4.79 Å². The fourth-order valence-corrected chi connectivity index (χ4v) is 4.01. The van der Waals surface area contributed by atoms with Crippen molar-refractivity contribution in [2.45, 2.75) is 65.5 Å². The molecule has 6 nitrogen and oxygen atoms in total. The van der Waals surface area contributed by atoms with E-state index in [0.29, 0.717) is 0 Å². The molecule has 2 rings (SSSR count). The average molecular weight is 339 g/mol. The maximum atomic E-state index is 12.5. The minimum absolute atomic E-state index is 0.0358. The lowest BCUT2D eigenvalue weighted by molar-refractivity contribution is -0.121. The third-order valence-corrected chi connectivity index (χ3v) is 5.09. The van der Waals surface area contributed by atoms with Gasteiger partial charge in [-0.2, -0.15) is 0 Å². The highest BCUT2D eigenvalue weighted by atomic mass is 16.6. The number of primary amides is 1. The predicted octanol–water partition coefficient (Wildman–Crippen LogP) is 2.22. The van der Waals surface area contributed by atoms with Crippen molar-refractivity contribution < 1.29 is 14.3 Å². The van der Waals surface area contributed by atoms with Crippen molar-refractivity contribution in [1.82, 2.24) is 9.80 Å². The molecule has 2 atom stereocenters. The second kappa shape index (κ2) is 6.90. The first-order valence-electron chi connectivity index (χ1n) is 9.01. The first-order chi connectivity index (χ1) is 11.0. The number of ether oxygens (including phenoxy) is 1. The van der Waals surface area contributed by atoms with Gasteiger partial charge in [0.1, 0.15) is 5.60 Å². The van der Waals surface area contributed by atoms with Crippen molar-refractivity contribution in [2.75, 3.05) is 26.2 Å². The topological polar surface area (TPSA) is 75.9 Å². The third kappa shape index (κ3) is 4.62. The summed E-state index contributed by atoms with van der Waals surface area (Å²) in [6, 6.07) is 0.167. The summed E-state index contributed by atoms with van der Waals surface area (Å²) >= 11 is 0. The highest BCUT2D eigenvalue weighted by Crippen LogP contribution is 2.36. The molecule has 2 unspecified atom stereocenters. The Labute approximate surface area is 145 Å². The standard InChI is InChI=1S/C18H33N3O3/c1-17(2,3)24-16(23)21-9-6-7-14(21)18(4,5)12-20-10-8-13(11-20)15(19)22/h13-14H,6-12H2,1-5H3,(H2,19,22). The highest BCUT2D eigenvalue weighted by Gasteiger charge is 2.43. The van der Waals surface area contributed by atoms with Crippen LogP contribution < -0.4 is 5.73 Å². The maximum absolute atomic E-state index is 12.5. The SMILES string of the molecule is CC(C)(C)OC(=O)N1CCCC1C(C)(C)CN1CCC(C(N)=O)C1. The van der Waals surface area contributed by atoms with Crippen LogP contribution in [0.25, 0.3) is 0 Å². The Morgan fingerprint density at radius 1 is 1.12 bits per heavy atom. The second-order valence-electron chi connectivity index (χ2n) is 8.94. The number of hydrogen-bond acceptors (Lipinski definition) is 4. The lowest BCUT2D eigenvalue weighted by Gasteiger charge is -2.40. The number of likely N-dealkylation sites (tertiary alicyclic amines) is 2. The van der Waals surface area contributed by atoms with Crippen LogP contribution in [0.5, 0.6) is 0 Å². The van der Waals surface area contributed by atoms with Crippen LogP contribution in [0.2, 0.25) is 0 Å². The molecule has 2 heterocycles. The summed E-state index contributed by atoms with van der Waals surface area (Å²) in [5.74, 6) is -0.238. The van der Waals surface area contributed by atoms with E-state index in [1.807, 2.05) is 25.7 Å². The largest absolute Gasteiger partial charge is 0.444 e. The van der Waals surface area contributed by atoms with E-state index in [0.717, 1.165) is 45.4 Å². The highest BCUT2D eigenvalue weighted by molar-refractivity contribution is 5.77. The average Bonchev–Trinajstić information content (AvgIpc) is 3.03. The number of amides is 2. The number of carbonyl (C=O) groups excluding carboxylic acids is 2. The van der Waals surface area contributed by atoms with E-state index in [1.165, 1.54) is 0 Å². The fourth-order valence-electron chi connectivity index (χ4n) is 4.01. The molecule has 6 heteroatoms. The van der Waals surface area contributed by atoms with Crippen LogP contribution in [0.3, 0.4) is 0 Å². The molecular formula is C18H33N3O3. The van der Waals surface area contributed by atoms with Gasteiger partial charge in [0.05, 0.1) is 5.92 Å². The number of carbonyl (C=O) groups is 2. The Kier molecular flexibility index (Phi) is 5.47. The summed E-state index contributed by atoms with van der Waals surface area (Å²) in [4.78, 5) is 28.1. The van der Waals surface area contributed by atoms with Crippen molar-refractivity contribution >= 4 is 12.0 Å². The minimum Gasteiger partial charge on any atom is -0.444 e. The van der Waals surface area contributed by atoms with Crippen LogP contribution in [-0.2, 0) is 9.53 Å². The van der Waals surface area contributed by atoms with E-state index in [-0.39, 0.29) is 29.4 Å². The van der Waals surface area contributed by atoms with Crippen molar-refractivity contribution in [3.63, 3.8) is 0 Å². The van der Waals surface area contributed by atoms with E-state index < -0.39 is 5.60 Å². The number of nitrogens with two attached hydrogens (primary N) is 1. The van der Waals surface area contributed by atoms with Crippen LogP contribution in [0.1, 0.15) is 53.9 Å². The Morgan fingerprint density at radius 3 is 2.33 bits per heavy atom. The molecule has 0 aromatic rings. The normalized spacial score (nSPS) is 26.0. The molecule has 2 N–H and O–H groups in total. The number of nitrogens with zero attached hydrogens (tertiary/aromatic N) is 2. The molecule has 24 heavy (non-hydrogen) atoms. The van der Waals surface area contributed by atoms with Gasteiger partial charge in [-0.15, -0.1) is 0 Å². The van der Waals surface area contributed by atoms with Crippen molar-refractivity contribution in [2.24, 2.45) is 17.1 Å². The predicted molar refractivity (Wildman–Crippen MR) is 93.5 cm³/mol. The Balaban J connectivity index is 1.99. The maximum Gasteiger partial charge on any atom is 0.410 e. The first kappa shape index (κ1) is 19.0. The van der Waals surface area contributed by atoms with Gasteiger partial charge >= 0.3 is 6.09 Å². The van der Waals surface area contributed by atoms with Gasteiger partial charge in [0.25, 0.3) is 0 Å². The smallest absolute Gasteiger partial charge is 0.410 e.